The van der Waals surface area contributed by atoms with Gasteiger partial charge < -0.3 is 15.5 Å². The number of carbonyl (C=O) groups is 2. The van der Waals surface area contributed by atoms with Gasteiger partial charge in [-0.05, 0) is 85.9 Å². The molecule has 1 aliphatic carbocycles. The molecule has 0 radical (unpaired) electrons. The first kappa shape index (κ1) is 24.7. The number of rotatable bonds is 6. The summed E-state index contributed by atoms with van der Waals surface area (Å²) < 4.78 is 0. The Kier molecular flexibility index (Phi) is 7.10. The second kappa shape index (κ2) is 10.1. The number of aromatic nitrogens is 1. The molecular weight excluding hydrogens is 436 g/mol. The maximum absolute atomic E-state index is 12.9. The van der Waals surface area contributed by atoms with Crippen molar-refractivity contribution in [2.24, 2.45) is 5.92 Å². The molecule has 1 fully saturated rings. The maximum atomic E-state index is 12.9. The standard InChI is InChI=1S/C29H36N4O2/c1-6-19(7-2)22-11-10-21(17-31-27(34)25-15-24(25)20-9-8-13-30-16-20)26-18-33(14-12-23(22)26)28(35)32-29(3,4)5/h6-11,13,16,24-25H,1,12,14-15,17-18H2,2-5H3,(H,31,34)(H,32,35)/b19-7+/t24-,25+/m1/s1. The zero-order valence-corrected chi connectivity index (χ0v) is 21.2. The number of carbonyl (C=O) groups excluding carboxylic acids is 2. The number of urea groups is 1. The van der Waals surface area contributed by atoms with Gasteiger partial charge in [-0.25, -0.2) is 4.79 Å². The molecular formula is C29H36N4O2. The van der Waals surface area contributed by atoms with Gasteiger partial charge in [0, 0.05) is 43.5 Å². The van der Waals surface area contributed by atoms with Crippen LogP contribution in [0, 0.1) is 5.92 Å². The SMILES string of the molecule is C=C/C(=C\C)c1ccc(CNC(=O)[C@H]2C[C@@H]2c2cccnc2)c2c1CCN(C(=O)NC(C)(C)C)C2. The highest BCUT2D eigenvalue weighted by Gasteiger charge is 2.44. The number of hydrogen-bond donors (Lipinski definition) is 2. The topological polar surface area (TPSA) is 74.3 Å². The molecule has 0 spiro atoms. The molecule has 35 heavy (non-hydrogen) atoms. The Morgan fingerprint density at radius 1 is 1.23 bits per heavy atom. The molecule has 2 aliphatic rings. The first-order valence-corrected chi connectivity index (χ1v) is 12.4. The molecule has 2 heterocycles. The summed E-state index contributed by atoms with van der Waals surface area (Å²) in [7, 11) is 0. The van der Waals surface area contributed by atoms with E-state index in [2.05, 4.69) is 40.4 Å². The Hall–Kier alpha value is -3.41. The predicted octanol–water partition coefficient (Wildman–Crippen LogP) is 4.96. The van der Waals surface area contributed by atoms with Crippen molar-refractivity contribution in [3.63, 3.8) is 0 Å². The number of fused-ring (bicyclic) bond motifs is 1. The molecule has 184 valence electrons. The van der Waals surface area contributed by atoms with E-state index < -0.39 is 0 Å². The fraction of sp³-hybridized carbons (Fsp3) is 0.414. The lowest BCUT2D eigenvalue weighted by molar-refractivity contribution is -0.122. The average Bonchev–Trinajstić information content (AvgIpc) is 3.64. The van der Waals surface area contributed by atoms with Gasteiger partial charge in [0.1, 0.15) is 0 Å². The zero-order valence-electron chi connectivity index (χ0n) is 21.2. The first-order chi connectivity index (χ1) is 16.7. The van der Waals surface area contributed by atoms with Gasteiger partial charge in [-0.2, -0.15) is 0 Å². The summed E-state index contributed by atoms with van der Waals surface area (Å²) >= 11 is 0. The van der Waals surface area contributed by atoms with Crippen molar-refractivity contribution in [2.75, 3.05) is 6.54 Å². The summed E-state index contributed by atoms with van der Waals surface area (Å²) in [5.74, 6) is 0.329. The lowest BCUT2D eigenvalue weighted by Crippen LogP contribution is -2.50. The van der Waals surface area contributed by atoms with Crippen LogP contribution in [0.4, 0.5) is 4.79 Å². The molecule has 0 saturated heterocycles. The molecule has 1 aromatic carbocycles. The van der Waals surface area contributed by atoms with Gasteiger partial charge in [0.2, 0.25) is 5.91 Å². The summed E-state index contributed by atoms with van der Waals surface area (Å²) in [4.78, 5) is 31.9. The number of benzene rings is 1. The summed E-state index contributed by atoms with van der Waals surface area (Å²) in [6.07, 6.45) is 9.17. The molecule has 0 unspecified atom stereocenters. The van der Waals surface area contributed by atoms with Crippen LogP contribution in [0.2, 0.25) is 0 Å². The van der Waals surface area contributed by atoms with E-state index in [1.807, 2.05) is 57.0 Å². The third-order valence-corrected chi connectivity index (χ3v) is 6.81. The number of allylic oxidation sites excluding steroid dienone is 3. The molecule has 0 bridgehead atoms. The van der Waals surface area contributed by atoms with E-state index in [9.17, 15) is 9.59 Å². The van der Waals surface area contributed by atoms with Crippen LogP contribution < -0.4 is 10.6 Å². The van der Waals surface area contributed by atoms with Gasteiger partial charge in [0.15, 0.2) is 0 Å². The second-order valence-corrected chi connectivity index (χ2v) is 10.5. The number of pyridine rings is 1. The van der Waals surface area contributed by atoms with Crippen LogP contribution in [-0.4, -0.2) is 33.9 Å². The molecule has 2 aromatic rings. The third kappa shape index (κ3) is 5.64. The number of hydrogen-bond acceptors (Lipinski definition) is 3. The molecule has 2 N–H and O–H groups in total. The number of amides is 3. The average molecular weight is 473 g/mol. The minimum Gasteiger partial charge on any atom is -0.352 e. The van der Waals surface area contributed by atoms with Crippen LogP contribution in [0.3, 0.4) is 0 Å². The van der Waals surface area contributed by atoms with Crippen LogP contribution in [-0.2, 0) is 24.3 Å². The minimum atomic E-state index is -0.300. The Bertz CT molecular complexity index is 1150. The van der Waals surface area contributed by atoms with Crippen molar-refractivity contribution in [2.45, 2.75) is 65.1 Å². The second-order valence-electron chi connectivity index (χ2n) is 10.5. The van der Waals surface area contributed by atoms with Crippen LogP contribution in [0.5, 0.6) is 0 Å². The number of nitrogens with zero attached hydrogens (tertiary/aromatic N) is 2. The van der Waals surface area contributed by atoms with Crippen molar-refractivity contribution in [3.8, 4) is 0 Å². The van der Waals surface area contributed by atoms with Crippen molar-refractivity contribution >= 4 is 17.5 Å². The van der Waals surface area contributed by atoms with Crippen LogP contribution >= 0.6 is 0 Å². The fourth-order valence-electron chi connectivity index (χ4n) is 4.90. The maximum Gasteiger partial charge on any atom is 0.318 e. The Morgan fingerprint density at radius 2 is 2.03 bits per heavy atom. The summed E-state index contributed by atoms with van der Waals surface area (Å²) in [6.45, 7) is 13.6. The van der Waals surface area contributed by atoms with Crippen LogP contribution in [0.1, 0.15) is 67.9 Å². The van der Waals surface area contributed by atoms with Crippen molar-refractivity contribution in [1.29, 1.82) is 0 Å². The van der Waals surface area contributed by atoms with E-state index in [0.29, 0.717) is 19.6 Å². The van der Waals surface area contributed by atoms with Crippen molar-refractivity contribution in [1.82, 2.24) is 20.5 Å². The van der Waals surface area contributed by atoms with E-state index in [1.54, 1.807) is 6.20 Å². The first-order valence-electron chi connectivity index (χ1n) is 12.4. The van der Waals surface area contributed by atoms with E-state index in [1.165, 1.54) is 5.56 Å². The molecule has 4 rings (SSSR count). The van der Waals surface area contributed by atoms with Gasteiger partial charge in [-0.1, -0.05) is 36.9 Å². The lowest BCUT2D eigenvalue weighted by Gasteiger charge is -2.34. The van der Waals surface area contributed by atoms with Crippen molar-refractivity contribution in [3.05, 3.63) is 83.2 Å². The molecule has 1 aromatic heterocycles. The van der Waals surface area contributed by atoms with Crippen LogP contribution in [0.25, 0.3) is 5.57 Å². The highest BCUT2D eigenvalue weighted by atomic mass is 16.2. The molecule has 1 aliphatic heterocycles. The Morgan fingerprint density at radius 3 is 2.69 bits per heavy atom. The number of nitrogens with one attached hydrogen (secondary N) is 2. The van der Waals surface area contributed by atoms with Gasteiger partial charge in [-0.3, -0.25) is 9.78 Å². The predicted molar refractivity (Wildman–Crippen MR) is 140 cm³/mol. The summed E-state index contributed by atoms with van der Waals surface area (Å²) in [5.41, 5.74) is 6.49. The Balaban J connectivity index is 1.53. The third-order valence-electron chi connectivity index (χ3n) is 6.81. The lowest BCUT2D eigenvalue weighted by atomic mass is 9.87. The zero-order chi connectivity index (χ0) is 25.2. The van der Waals surface area contributed by atoms with E-state index in [4.69, 9.17) is 0 Å². The largest absolute Gasteiger partial charge is 0.352 e. The minimum absolute atomic E-state index is 0.00115. The highest BCUT2D eigenvalue weighted by Crippen LogP contribution is 2.47. The fourth-order valence-corrected chi connectivity index (χ4v) is 4.90. The molecule has 6 heteroatoms. The quantitative estimate of drug-likeness (QED) is 0.584. The highest BCUT2D eigenvalue weighted by molar-refractivity contribution is 5.83. The Labute approximate surface area is 208 Å². The van der Waals surface area contributed by atoms with Gasteiger partial charge in [0.05, 0.1) is 0 Å². The van der Waals surface area contributed by atoms with E-state index in [0.717, 1.165) is 40.7 Å². The smallest absolute Gasteiger partial charge is 0.318 e. The van der Waals surface area contributed by atoms with Crippen molar-refractivity contribution < 1.29 is 9.59 Å². The normalized spacial score (nSPS) is 19.5. The summed E-state index contributed by atoms with van der Waals surface area (Å²) in [5, 5.41) is 6.23. The monoisotopic (exact) mass is 472 g/mol. The summed E-state index contributed by atoms with van der Waals surface area (Å²) in [6, 6.07) is 8.10. The van der Waals surface area contributed by atoms with Gasteiger partial charge >= 0.3 is 6.03 Å². The molecule has 6 nitrogen and oxygen atoms in total. The molecule has 1 saturated carbocycles. The molecule has 2 atom stereocenters. The van der Waals surface area contributed by atoms with E-state index in [-0.39, 0.29) is 29.3 Å². The van der Waals surface area contributed by atoms with Gasteiger partial charge in [-0.15, -0.1) is 0 Å². The van der Waals surface area contributed by atoms with E-state index >= 15 is 0 Å². The van der Waals surface area contributed by atoms with Gasteiger partial charge in [0.25, 0.3) is 0 Å². The van der Waals surface area contributed by atoms with Crippen LogP contribution in [0.15, 0.2) is 55.4 Å². The molecule has 3 amide bonds.